The summed E-state index contributed by atoms with van der Waals surface area (Å²) in [6, 6.07) is 0.628. The van der Waals surface area contributed by atoms with Gasteiger partial charge in [0.25, 0.3) is 0 Å². The van der Waals surface area contributed by atoms with Gasteiger partial charge in [-0.05, 0) is 133 Å². The maximum Gasteiger partial charge on any atom is 0.330 e. The molecule has 0 saturated heterocycles. The monoisotopic (exact) mass is 1230 g/mol. The molecule has 0 aromatic heterocycles. The maximum atomic E-state index is 12.9. The van der Waals surface area contributed by atoms with Gasteiger partial charge in [-0.15, -0.1) is 0 Å². The molecule has 464 valence electrons. The topological polar surface area (TPSA) is 125 Å². The third kappa shape index (κ3) is 24.9. The molecule has 2 aliphatic rings. The number of carbonyl (C=O) groups is 3. The van der Waals surface area contributed by atoms with E-state index in [1.807, 2.05) is 0 Å². The van der Waals surface area contributed by atoms with E-state index in [0.29, 0.717) is 44.9 Å². The Hall–Kier alpha value is -0.892. The predicted molar refractivity (Wildman–Crippen MR) is 354 cm³/mol. The Morgan fingerprint density at radius 2 is 0.671 bits per heavy atom. The van der Waals surface area contributed by atoms with Crippen molar-refractivity contribution in [1.29, 1.82) is 0 Å². The van der Waals surface area contributed by atoms with E-state index in [9.17, 15) is 14.4 Å². The van der Waals surface area contributed by atoms with Gasteiger partial charge in [-0.3, -0.25) is 9.59 Å². The van der Waals surface area contributed by atoms with E-state index in [0.717, 1.165) is 11.1 Å². The standard InChI is InChI=1S/C29H58O5Si3.C26H54O4Si3.C6H14O2Si/c1-27(2,3)35(11,12)32-18-17-23-24(33-36(13,14)28(4,5)6)19-22(21-26(30)31-10)20-25(23)34-37(15,16)29(7,8)9;1-24(2,3)31(10,11)28-17-16-21-22(29-32(12,13)25(4,5)6)18-20(27)19-23(21)30-33(14,15)26(7,8)9;1-8-6(7)5-9(2,3)4/h17,21,24-25H,18-20H2,1-16H3;16,22-23H,17-19H2,1-15H3;5H2,1-4H3/t24-,25?;22-,23?;/m11./s1. The van der Waals surface area contributed by atoms with Crippen molar-refractivity contribution in [2.75, 3.05) is 27.4 Å². The van der Waals surface area contributed by atoms with Crippen LogP contribution in [0.3, 0.4) is 0 Å². The van der Waals surface area contributed by atoms with Gasteiger partial charge in [-0.1, -0.05) is 162 Å². The first-order valence-corrected chi connectivity index (χ1v) is 50.6. The lowest BCUT2D eigenvalue weighted by Gasteiger charge is -2.46. The Morgan fingerprint density at radius 3 is 0.873 bits per heavy atom. The summed E-state index contributed by atoms with van der Waals surface area (Å²) >= 11 is 0. The van der Waals surface area contributed by atoms with E-state index in [-0.39, 0.29) is 72.4 Å². The fourth-order valence-electron chi connectivity index (χ4n) is 7.01. The largest absolute Gasteiger partial charge is 0.469 e. The Bertz CT molecular complexity index is 1990. The van der Waals surface area contributed by atoms with Crippen LogP contribution < -0.4 is 0 Å². The molecular weight excluding hydrogens is 1110 g/mol. The summed E-state index contributed by atoms with van der Waals surface area (Å²) in [5, 5.41) is 0.577. The van der Waals surface area contributed by atoms with E-state index in [1.165, 1.54) is 19.8 Å². The third-order valence-electron chi connectivity index (χ3n) is 18.7. The summed E-state index contributed by atoms with van der Waals surface area (Å²) in [7, 11) is -10.5. The number of ether oxygens (including phenoxy) is 2. The van der Waals surface area contributed by atoms with E-state index >= 15 is 0 Å². The minimum atomic E-state index is -2.10. The van der Waals surface area contributed by atoms with Crippen molar-refractivity contribution in [3.8, 4) is 0 Å². The number of carbonyl (C=O) groups excluding carboxylic acids is 3. The third-order valence-corrected chi connectivity index (χ3v) is 47.0. The summed E-state index contributed by atoms with van der Waals surface area (Å²) in [5.74, 6) is -0.153. The van der Waals surface area contributed by atoms with Crippen LogP contribution in [0, 0.1) is 0 Å². The molecule has 0 bridgehead atoms. The van der Waals surface area contributed by atoms with Crippen LogP contribution in [0.1, 0.15) is 150 Å². The van der Waals surface area contributed by atoms with Gasteiger partial charge in [0.2, 0.25) is 0 Å². The SMILES string of the molecule is CC(C)(C)[Si](C)(C)OCC=C1C(O[Si](C)(C)C(C)(C)C)CC(=O)C[C@H]1O[Si](C)(C)C(C)(C)C.COC(=O)C=C1CC(O[Si](C)(C)C(C)(C)C)C(=CCO[Si](C)(C)C(C)(C)C)[C@H](O[Si](C)(C)C(C)(C)C)C1.COC(=O)C[Si](C)(C)C. The van der Waals surface area contributed by atoms with E-state index in [1.54, 1.807) is 6.08 Å². The van der Waals surface area contributed by atoms with Gasteiger partial charge in [0.15, 0.2) is 49.9 Å². The van der Waals surface area contributed by atoms with Crippen LogP contribution in [0.2, 0.25) is 134 Å². The first-order valence-electron chi connectivity index (χ1n) is 29.5. The van der Waals surface area contributed by atoms with Crippen molar-refractivity contribution in [2.45, 2.75) is 309 Å². The van der Waals surface area contributed by atoms with Crippen molar-refractivity contribution in [3.63, 3.8) is 0 Å². The molecule has 0 aromatic carbocycles. The second kappa shape index (κ2) is 28.5. The highest BCUT2D eigenvalue weighted by atomic mass is 28.4. The molecule has 0 aromatic rings. The highest BCUT2D eigenvalue weighted by Gasteiger charge is 2.49. The first-order chi connectivity index (χ1) is 34.7. The summed E-state index contributed by atoms with van der Waals surface area (Å²) < 4.78 is 50.4. The van der Waals surface area contributed by atoms with Crippen LogP contribution in [0.25, 0.3) is 0 Å². The van der Waals surface area contributed by atoms with Crippen molar-refractivity contribution in [3.05, 3.63) is 34.9 Å². The minimum absolute atomic E-state index is 0.0647. The number of ketones is 1. The summed E-state index contributed by atoms with van der Waals surface area (Å²) in [5.41, 5.74) is 3.33. The zero-order chi connectivity index (χ0) is 63.0. The Balaban J connectivity index is 0.00000134. The fraction of sp³-hybridized carbons (Fsp3) is 0.852. The lowest BCUT2D eigenvalue weighted by Crippen LogP contribution is -2.51. The molecule has 0 amide bonds. The molecule has 18 heteroatoms. The molecule has 11 nitrogen and oxygen atoms in total. The van der Waals surface area contributed by atoms with Crippen LogP contribution in [-0.2, 0) is 50.4 Å². The van der Waals surface area contributed by atoms with Crippen molar-refractivity contribution < 1.29 is 50.4 Å². The van der Waals surface area contributed by atoms with Gasteiger partial charge >= 0.3 is 11.9 Å². The van der Waals surface area contributed by atoms with Crippen molar-refractivity contribution >= 4 is 75.7 Å². The number of rotatable bonds is 17. The molecule has 4 atom stereocenters. The molecule has 0 aliphatic heterocycles. The van der Waals surface area contributed by atoms with E-state index in [4.69, 9.17) is 31.3 Å². The molecule has 2 fully saturated rings. The summed E-state index contributed by atoms with van der Waals surface area (Å²) in [6.45, 7) is 75.5. The Labute approximate surface area is 494 Å². The quantitative estimate of drug-likeness (QED) is 0.0598. The molecule has 0 spiro atoms. The molecule has 79 heavy (non-hydrogen) atoms. The molecule has 2 rings (SSSR count). The summed E-state index contributed by atoms with van der Waals surface area (Å²) in [4.78, 5) is 35.8. The van der Waals surface area contributed by atoms with E-state index < -0.39 is 58.0 Å². The van der Waals surface area contributed by atoms with E-state index in [2.05, 4.69) is 240 Å². The van der Waals surface area contributed by atoms with Gasteiger partial charge in [0.05, 0.1) is 59.9 Å². The van der Waals surface area contributed by atoms with Crippen LogP contribution in [0.15, 0.2) is 34.9 Å². The number of methoxy groups -OCH3 is 2. The average molecular weight is 1230 g/mol. The highest BCUT2D eigenvalue weighted by molar-refractivity contribution is 6.79. The minimum Gasteiger partial charge on any atom is -0.469 e. The molecule has 0 radical (unpaired) electrons. The number of Topliss-reactive ketones (excluding diaryl/α,β-unsaturated/α-hetero) is 1. The van der Waals surface area contributed by atoms with Gasteiger partial charge in [0.1, 0.15) is 5.78 Å². The van der Waals surface area contributed by atoms with Crippen LogP contribution in [0.4, 0.5) is 0 Å². The lowest BCUT2D eigenvalue weighted by molar-refractivity contribution is -0.138. The average Bonchev–Trinajstić information content (AvgIpc) is 3.19. The van der Waals surface area contributed by atoms with Crippen LogP contribution in [0.5, 0.6) is 0 Å². The lowest BCUT2D eigenvalue weighted by atomic mass is 9.85. The number of hydrogen-bond acceptors (Lipinski definition) is 11. The zero-order valence-corrected chi connectivity index (χ0v) is 65.0. The summed E-state index contributed by atoms with van der Waals surface area (Å²) in [6.07, 6.45) is 7.57. The Kier molecular flexibility index (Phi) is 28.2. The smallest absolute Gasteiger partial charge is 0.330 e. The maximum absolute atomic E-state index is 12.9. The first kappa shape index (κ1) is 78.1. The van der Waals surface area contributed by atoms with Gasteiger partial charge in [0, 0.05) is 25.0 Å². The normalized spacial score (nSPS) is 21.8. The highest BCUT2D eigenvalue weighted by Crippen LogP contribution is 2.47. The number of hydrogen-bond donors (Lipinski definition) is 0. The molecule has 2 unspecified atom stereocenters. The molecular formula is C61H126O11Si7. The molecule has 0 N–H and O–H groups in total. The predicted octanol–water partition coefficient (Wildman–Crippen LogP) is 18.2. The van der Waals surface area contributed by atoms with Crippen molar-refractivity contribution in [2.24, 2.45) is 0 Å². The molecule has 0 heterocycles. The van der Waals surface area contributed by atoms with Gasteiger partial charge < -0.3 is 36.0 Å². The van der Waals surface area contributed by atoms with Gasteiger partial charge in [-0.2, -0.15) is 0 Å². The second-order valence-electron chi connectivity index (χ2n) is 33.0. The van der Waals surface area contributed by atoms with Gasteiger partial charge in [-0.25, -0.2) is 4.79 Å². The zero-order valence-electron chi connectivity index (χ0n) is 58.0. The second-order valence-corrected chi connectivity index (χ2v) is 67.1. The number of esters is 2. The van der Waals surface area contributed by atoms with Crippen LogP contribution >= 0.6 is 0 Å². The molecule has 2 aliphatic carbocycles. The molecule has 2 saturated carbocycles. The Morgan fingerprint density at radius 1 is 0.418 bits per heavy atom. The van der Waals surface area contributed by atoms with Crippen LogP contribution in [-0.4, -0.2) is 128 Å². The van der Waals surface area contributed by atoms with Crippen molar-refractivity contribution in [1.82, 2.24) is 0 Å². The fourth-order valence-corrected chi connectivity index (χ4v) is 15.0.